The van der Waals surface area contributed by atoms with E-state index in [9.17, 15) is 4.79 Å². The SMILES string of the molecule is CCC(CC)C(=O)NC(C)CN(Cc1ccccc1)C(C)C. The lowest BCUT2D eigenvalue weighted by atomic mass is 10.0. The lowest BCUT2D eigenvalue weighted by Gasteiger charge is -2.30. The first-order chi connectivity index (χ1) is 10.5. The van der Waals surface area contributed by atoms with E-state index in [0.29, 0.717) is 6.04 Å². The van der Waals surface area contributed by atoms with Crippen molar-refractivity contribution >= 4 is 5.91 Å². The van der Waals surface area contributed by atoms with Gasteiger partial charge in [-0.1, -0.05) is 44.2 Å². The van der Waals surface area contributed by atoms with Crippen molar-refractivity contribution < 1.29 is 4.79 Å². The molecule has 1 atom stereocenters. The fourth-order valence-corrected chi connectivity index (χ4v) is 2.69. The second-order valence-electron chi connectivity index (χ2n) is 6.43. The number of amides is 1. The zero-order valence-corrected chi connectivity index (χ0v) is 14.8. The smallest absolute Gasteiger partial charge is 0.223 e. The number of nitrogens with zero attached hydrogens (tertiary/aromatic N) is 1. The van der Waals surface area contributed by atoms with Gasteiger partial charge in [0.15, 0.2) is 0 Å². The minimum Gasteiger partial charge on any atom is -0.352 e. The van der Waals surface area contributed by atoms with E-state index in [0.717, 1.165) is 25.9 Å². The van der Waals surface area contributed by atoms with Gasteiger partial charge in [0.25, 0.3) is 0 Å². The van der Waals surface area contributed by atoms with Gasteiger partial charge in [0, 0.05) is 31.1 Å². The number of benzene rings is 1. The number of hydrogen-bond acceptors (Lipinski definition) is 2. The summed E-state index contributed by atoms with van der Waals surface area (Å²) in [5.41, 5.74) is 1.31. The molecule has 0 radical (unpaired) electrons. The van der Waals surface area contributed by atoms with Crippen LogP contribution in [0.2, 0.25) is 0 Å². The number of nitrogens with one attached hydrogen (secondary N) is 1. The van der Waals surface area contributed by atoms with Crippen LogP contribution in [0.4, 0.5) is 0 Å². The molecule has 1 rings (SSSR count). The van der Waals surface area contributed by atoms with Gasteiger partial charge in [0.2, 0.25) is 5.91 Å². The predicted molar refractivity (Wildman–Crippen MR) is 93.7 cm³/mol. The third-order valence-electron chi connectivity index (χ3n) is 4.21. The highest BCUT2D eigenvalue weighted by Crippen LogP contribution is 2.11. The molecule has 0 aliphatic carbocycles. The van der Waals surface area contributed by atoms with Crippen molar-refractivity contribution in [3.8, 4) is 0 Å². The molecule has 0 bridgehead atoms. The monoisotopic (exact) mass is 304 g/mol. The van der Waals surface area contributed by atoms with Crippen molar-refractivity contribution in [2.24, 2.45) is 5.92 Å². The summed E-state index contributed by atoms with van der Waals surface area (Å²) in [5, 5.41) is 3.17. The molecule has 3 heteroatoms. The van der Waals surface area contributed by atoms with E-state index < -0.39 is 0 Å². The summed E-state index contributed by atoms with van der Waals surface area (Å²) in [4.78, 5) is 14.6. The maximum atomic E-state index is 12.2. The molecule has 0 aliphatic rings. The molecule has 1 aromatic carbocycles. The average Bonchev–Trinajstić information content (AvgIpc) is 2.48. The Hall–Kier alpha value is -1.35. The molecule has 124 valence electrons. The van der Waals surface area contributed by atoms with E-state index in [2.05, 4.69) is 69.1 Å². The molecule has 0 heterocycles. The molecule has 0 aliphatic heterocycles. The van der Waals surface area contributed by atoms with Crippen LogP contribution < -0.4 is 5.32 Å². The lowest BCUT2D eigenvalue weighted by Crippen LogP contribution is -2.45. The van der Waals surface area contributed by atoms with Crippen LogP contribution in [0, 0.1) is 5.92 Å². The molecule has 1 amide bonds. The van der Waals surface area contributed by atoms with Crippen molar-refractivity contribution in [1.29, 1.82) is 0 Å². The van der Waals surface area contributed by atoms with Gasteiger partial charge in [-0.3, -0.25) is 9.69 Å². The van der Waals surface area contributed by atoms with Gasteiger partial charge in [-0.15, -0.1) is 0 Å². The Labute approximate surface area is 136 Å². The quantitative estimate of drug-likeness (QED) is 0.752. The highest BCUT2D eigenvalue weighted by molar-refractivity contribution is 5.78. The Morgan fingerprint density at radius 1 is 1.09 bits per heavy atom. The van der Waals surface area contributed by atoms with Crippen molar-refractivity contribution in [2.45, 2.75) is 66.1 Å². The van der Waals surface area contributed by atoms with Crippen LogP contribution >= 0.6 is 0 Å². The van der Waals surface area contributed by atoms with E-state index >= 15 is 0 Å². The minimum absolute atomic E-state index is 0.143. The van der Waals surface area contributed by atoms with Gasteiger partial charge >= 0.3 is 0 Å². The molecule has 0 fully saturated rings. The Morgan fingerprint density at radius 2 is 1.68 bits per heavy atom. The van der Waals surface area contributed by atoms with Crippen molar-refractivity contribution in [3.05, 3.63) is 35.9 Å². The van der Waals surface area contributed by atoms with Gasteiger partial charge in [-0.25, -0.2) is 0 Å². The molecule has 1 N–H and O–H groups in total. The average molecular weight is 304 g/mol. The molecule has 1 aromatic rings. The van der Waals surface area contributed by atoms with Crippen LogP contribution in [-0.2, 0) is 11.3 Å². The second kappa shape index (κ2) is 9.62. The number of hydrogen-bond donors (Lipinski definition) is 1. The first-order valence-corrected chi connectivity index (χ1v) is 8.56. The van der Waals surface area contributed by atoms with Gasteiger partial charge in [-0.2, -0.15) is 0 Å². The fraction of sp³-hybridized carbons (Fsp3) is 0.632. The third kappa shape index (κ3) is 6.18. The molecular weight excluding hydrogens is 272 g/mol. The molecule has 0 saturated heterocycles. The summed E-state index contributed by atoms with van der Waals surface area (Å²) in [6.07, 6.45) is 1.82. The number of rotatable bonds is 9. The van der Waals surface area contributed by atoms with Gasteiger partial charge in [0.1, 0.15) is 0 Å². The van der Waals surface area contributed by atoms with Crippen LogP contribution in [-0.4, -0.2) is 29.4 Å². The van der Waals surface area contributed by atoms with E-state index in [-0.39, 0.29) is 17.9 Å². The zero-order chi connectivity index (χ0) is 16.5. The molecule has 0 aromatic heterocycles. The summed E-state index contributed by atoms with van der Waals surface area (Å²) < 4.78 is 0. The molecular formula is C19H32N2O. The Kier molecular flexibility index (Phi) is 8.18. The predicted octanol–water partition coefficient (Wildman–Crippen LogP) is 3.84. The van der Waals surface area contributed by atoms with Crippen molar-refractivity contribution in [3.63, 3.8) is 0 Å². The van der Waals surface area contributed by atoms with E-state index in [1.54, 1.807) is 0 Å². The standard InChI is InChI=1S/C19H32N2O/c1-6-18(7-2)19(22)20-16(5)13-21(15(3)4)14-17-11-9-8-10-12-17/h8-12,15-16,18H,6-7,13-14H2,1-5H3,(H,20,22). The molecule has 0 saturated carbocycles. The first kappa shape index (κ1) is 18.7. The van der Waals surface area contributed by atoms with Crippen LogP contribution in [0.25, 0.3) is 0 Å². The largest absolute Gasteiger partial charge is 0.352 e. The third-order valence-corrected chi connectivity index (χ3v) is 4.21. The van der Waals surface area contributed by atoms with Gasteiger partial charge < -0.3 is 5.32 Å². The number of carbonyl (C=O) groups is 1. The van der Waals surface area contributed by atoms with Crippen LogP contribution in [0.5, 0.6) is 0 Å². The van der Waals surface area contributed by atoms with Crippen LogP contribution in [0.1, 0.15) is 53.0 Å². The van der Waals surface area contributed by atoms with Gasteiger partial charge in [-0.05, 0) is 39.2 Å². The Balaban J connectivity index is 2.57. The van der Waals surface area contributed by atoms with Crippen LogP contribution in [0.15, 0.2) is 30.3 Å². The topological polar surface area (TPSA) is 32.3 Å². The minimum atomic E-state index is 0.143. The molecule has 0 spiro atoms. The van der Waals surface area contributed by atoms with E-state index in [4.69, 9.17) is 0 Å². The zero-order valence-electron chi connectivity index (χ0n) is 14.8. The normalized spacial score (nSPS) is 12.9. The lowest BCUT2D eigenvalue weighted by molar-refractivity contribution is -0.126. The van der Waals surface area contributed by atoms with Crippen molar-refractivity contribution in [1.82, 2.24) is 10.2 Å². The fourth-order valence-electron chi connectivity index (χ4n) is 2.69. The summed E-state index contributed by atoms with van der Waals surface area (Å²) in [6, 6.07) is 11.1. The first-order valence-electron chi connectivity index (χ1n) is 8.56. The Bertz CT molecular complexity index is 426. The maximum Gasteiger partial charge on any atom is 0.223 e. The molecule has 22 heavy (non-hydrogen) atoms. The molecule has 3 nitrogen and oxygen atoms in total. The number of carbonyl (C=O) groups excluding carboxylic acids is 1. The summed E-state index contributed by atoms with van der Waals surface area (Å²) in [7, 11) is 0. The molecule has 1 unspecified atom stereocenters. The Morgan fingerprint density at radius 3 is 2.18 bits per heavy atom. The highest BCUT2D eigenvalue weighted by atomic mass is 16.1. The van der Waals surface area contributed by atoms with E-state index in [1.165, 1.54) is 5.56 Å². The second-order valence-corrected chi connectivity index (χ2v) is 6.43. The highest BCUT2D eigenvalue weighted by Gasteiger charge is 2.19. The summed E-state index contributed by atoms with van der Waals surface area (Å²) >= 11 is 0. The van der Waals surface area contributed by atoms with Gasteiger partial charge in [0.05, 0.1) is 0 Å². The summed E-state index contributed by atoms with van der Waals surface area (Å²) in [6.45, 7) is 12.5. The summed E-state index contributed by atoms with van der Waals surface area (Å²) in [5.74, 6) is 0.338. The van der Waals surface area contributed by atoms with Crippen LogP contribution in [0.3, 0.4) is 0 Å². The van der Waals surface area contributed by atoms with Crippen molar-refractivity contribution in [2.75, 3.05) is 6.54 Å². The van der Waals surface area contributed by atoms with E-state index in [1.807, 2.05) is 6.07 Å². The maximum absolute atomic E-state index is 12.2.